The summed E-state index contributed by atoms with van der Waals surface area (Å²) in [6.45, 7) is 1.68. The first kappa shape index (κ1) is 14.2. The second-order valence-electron chi connectivity index (χ2n) is 4.01. The third kappa shape index (κ3) is 3.03. The van der Waals surface area contributed by atoms with E-state index in [2.05, 4.69) is 15.2 Å². The number of aromatic nitrogens is 1. The van der Waals surface area contributed by atoms with Crippen molar-refractivity contribution in [1.29, 1.82) is 0 Å². The lowest BCUT2D eigenvalue weighted by atomic mass is 10.3. The van der Waals surface area contributed by atoms with Gasteiger partial charge < -0.3 is 9.84 Å². The van der Waals surface area contributed by atoms with Crippen LogP contribution in [-0.4, -0.2) is 26.5 Å². The predicted octanol–water partition coefficient (Wildman–Crippen LogP) is 1.14. The summed E-state index contributed by atoms with van der Waals surface area (Å²) < 4.78 is 30.1. The molecule has 2 aromatic rings. The van der Waals surface area contributed by atoms with E-state index in [0.29, 0.717) is 11.4 Å². The molecule has 0 saturated heterocycles. The average Bonchev–Trinajstić information content (AvgIpc) is 2.86. The molecule has 1 aromatic heterocycles. The van der Waals surface area contributed by atoms with Crippen LogP contribution in [0.5, 0.6) is 0 Å². The van der Waals surface area contributed by atoms with Crippen molar-refractivity contribution in [2.75, 3.05) is 12.4 Å². The van der Waals surface area contributed by atoms with Gasteiger partial charge in [0.15, 0.2) is 5.69 Å². The highest BCUT2D eigenvalue weighted by Gasteiger charge is 2.13. The van der Waals surface area contributed by atoms with Gasteiger partial charge in [-0.2, -0.15) is 0 Å². The van der Waals surface area contributed by atoms with Gasteiger partial charge in [0.25, 0.3) is 5.91 Å². The summed E-state index contributed by atoms with van der Waals surface area (Å²) in [5.74, 6) is 0.108. The molecule has 8 heteroatoms. The maximum atomic E-state index is 11.8. The third-order valence-corrected chi connectivity index (χ3v) is 3.98. The molecule has 0 spiro atoms. The molecule has 1 heterocycles. The molecule has 0 radical (unpaired) electrons. The molecule has 20 heavy (non-hydrogen) atoms. The van der Waals surface area contributed by atoms with Gasteiger partial charge in [-0.1, -0.05) is 5.16 Å². The fourth-order valence-corrected chi connectivity index (χ4v) is 2.23. The van der Waals surface area contributed by atoms with Crippen LogP contribution in [0.3, 0.4) is 0 Å². The molecule has 0 unspecified atom stereocenters. The van der Waals surface area contributed by atoms with Gasteiger partial charge in [0.05, 0.1) is 4.90 Å². The van der Waals surface area contributed by atoms with E-state index in [9.17, 15) is 13.2 Å². The Morgan fingerprint density at radius 3 is 2.40 bits per heavy atom. The normalized spacial score (nSPS) is 11.3. The van der Waals surface area contributed by atoms with Gasteiger partial charge in [0.1, 0.15) is 5.76 Å². The van der Waals surface area contributed by atoms with Crippen LogP contribution in [0.2, 0.25) is 0 Å². The lowest BCUT2D eigenvalue weighted by Crippen LogP contribution is -2.18. The van der Waals surface area contributed by atoms with Crippen molar-refractivity contribution in [3.63, 3.8) is 0 Å². The van der Waals surface area contributed by atoms with Crippen LogP contribution in [-0.2, 0) is 10.0 Å². The number of nitrogens with one attached hydrogen (secondary N) is 2. The monoisotopic (exact) mass is 295 g/mol. The van der Waals surface area contributed by atoms with Crippen molar-refractivity contribution >= 4 is 21.6 Å². The summed E-state index contributed by atoms with van der Waals surface area (Å²) in [5.41, 5.74) is 0.625. The van der Waals surface area contributed by atoms with E-state index in [1.165, 1.54) is 37.4 Å². The Kier molecular flexibility index (Phi) is 3.86. The van der Waals surface area contributed by atoms with Gasteiger partial charge in [0, 0.05) is 11.8 Å². The molecule has 0 atom stereocenters. The first-order valence-electron chi connectivity index (χ1n) is 5.70. The molecule has 0 fully saturated rings. The highest BCUT2D eigenvalue weighted by molar-refractivity contribution is 7.89. The Hall–Kier alpha value is -2.19. The minimum Gasteiger partial charge on any atom is -0.361 e. The van der Waals surface area contributed by atoms with Crippen molar-refractivity contribution in [2.45, 2.75) is 11.8 Å². The summed E-state index contributed by atoms with van der Waals surface area (Å²) >= 11 is 0. The highest BCUT2D eigenvalue weighted by atomic mass is 32.2. The average molecular weight is 295 g/mol. The van der Waals surface area contributed by atoms with E-state index in [0.717, 1.165) is 0 Å². The van der Waals surface area contributed by atoms with Crippen molar-refractivity contribution in [3.05, 3.63) is 41.8 Å². The summed E-state index contributed by atoms with van der Waals surface area (Å²) in [6, 6.07) is 7.30. The van der Waals surface area contributed by atoms with Gasteiger partial charge >= 0.3 is 0 Å². The summed E-state index contributed by atoms with van der Waals surface area (Å²) in [5, 5.41) is 6.18. The van der Waals surface area contributed by atoms with Gasteiger partial charge in [-0.05, 0) is 38.2 Å². The molecular formula is C12H13N3O4S. The van der Waals surface area contributed by atoms with Gasteiger partial charge in [-0.3, -0.25) is 4.79 Å². The number of benzene rings is 1. The maximum Gasteiger partial charge on any atom is 0.277 e. The van der Waals surface area contributed by atoms with Gasteiger partial charge in [-0.15, -0.1) is 0 Å². The Bertz CT molecular complexity index is 719. The fourth-order valence-electron chi connectivity index (χ4n) is 1.50. The van der Waals surface area contributed by atoms with Crippen LogP contribution in [0, 0.1) is 6.92 Å². The molecule has 0 saturated carbocycles. The molecule has 0 aliphatic carbocycles. The van der Waals surface area contributed by atoms with Crippen molar-refractivity contribution in [3.8, 4) is 0 Å². The molecular weight excluding hydrogens is 282 g/mol. The van der Waals surface area contributed by atoms with Crippen LogP contribution >= 0.6 is 0 Å². The Labute approximate surface area is 116 Å². The van der Waals surface area contributed by atoms with Crippen LogP contribution in [0.15, 0.2) is 39.8 Å². The standard InChI is InChI=1S/C12H13N3O4S/c1-8-7-11(15-19-8)12(16)14-9-3-5-10(6-4-9)20(17,18)13-2/h3-7,13H,1-2H3,(H,14,16). The second kappa shape index (κ2) is 5.43. The lowest BCUT2D eigenvalue weighted by Gasteiger charge is -2.05. The van der Waals surface area contributed by atoms with E-state index < -0.39 is 15.9 Å². The maximum absolute atomic E-state index is 11.8. The van der Waals surface area contributed by atoms with Crippen LogP contribution in [0.4, 0.5) is 5.69 Å². The first-order valence-corrected chi connectivity index (χ1v) is 7.19. The van der Waals surface area contributed by atoms with Crippen molar-refractivity contribution < 1.29 is 17.7 Å². The number of carbonyl (C=O) groups is 1. The Morgan fingerprint density at radius 1 is 1.25 bits per heavy atom. The molecule has 2 rings (SSSR count). The number of sulfonamides is 1. The van der Waals surface area contributed by atoms with Crippen molar-refractivity contribution in [1.82, 2.24) is 9.88 Å². The zero-order valence-corrected chi connectivity index (χ0v) is 11.7. The van der Waals surface area contributed by atoms with E-state index in [-0.39, 0.29) is 10.6 Å². The molecule has 106 valence electrons. The predicted molar refractivity (Wildman–Crippen MR) is 71.9 cm³/mol. The van der Waals surface area contributed by atoms with Crippen LogP contribution < -0.4 is 10.0 Å². The molecule has 1 aromatic carbocycles. The number of hydrogen-bond acceptors (Lipinski definition) is 5. The van der Waals surface area contributed by atoms with Crippen molar-refractivity contribution in [2.24, 2.45) is 0 Å². The van der Waals surface area contributed by atoms with Gasteiger partial charge in [-0.25, -0.2) is 13.1 Å². The smallest absolute Gasteiger partial charge is 0.277 e. The molecule has 2 N–H and O–H groups in total. The summed E-state index contributed by atoms with van der Waals surface area (Å²) in [4.78, 5) is 11.9. The quantitative estimate of drug-likeness (QED) is 0.881. The Balaban J connectivity index is 2.14. The number of hydrogen-bond donors (Lipinski definition) is 2. The minimum atomic E-state index is -3.48. The number of nitrogens with zero attached hydrogens (tertiary/aromatic N) is 1. The third-order valence-electron chi connectivity index (χ3n) is 2.55. The van der Waals surface area contributed by atoms with Crippen LogP contribution in [0.25, 0.3) is 0 Å². The van der Waals surface area contributed by atoms with Gasteiger partial charge in [0.2, 0.25) is 10.0 Å². The zero-order valence-electron chi connectivity index (χ0n) is 10.9. The number of aryl methyl sites for hydroxylation is 1. The fraction of sp³-hybridized carbons (Fsp3) is 0.167. The molecule has 1 amide bonds. The Morgan fingerprint density at radius 2 is 1.90 bits per heavy atom. The molecule has 0 aliphatic heterocycles. The first-order chi connectivity index (χ1) is 9.42. The van der Waals surface area contributed by atoms with E-state index in [1.54, 1.807) is 6.92 Å². The SMILES string of the molecule is CNS(=O)(=O)c1ccc(NC(=O)c2cc(C)on2)cc1. The largest absolute Gasteiger partial charge is 0.361 e. The lowest BCUT2D eigenvalue weighted by molar-refractivity contribution is 0.101. The molecule has 0 bridgehead atoms. The molecule has 0 aliphatic rings. The van der Waals surface area contributed by atoms with Crippen LogP contribution in [0.1, 0.15) is 16.2 Å². The summed E-state index contributed by atoms with van der Waals surface area (Å²) in [6.07, 6.45) is 0. The zero-order chi connectivity index (χ0) is 14.8. The van der Waals surface area contributed by atoms with E-state index in [1.807, 2.05) is 0 Å². The number of rotatable bonds is 4. The second-order valence-corrected chi connectivity index (χ2v) is 5.90. The number of amides is 1. The highest BCUT2D eigenvalue weighted by Crippen LogP contribution is 2.14. The van der Waals surface area contributed by atoms with E-state index >= 15 is 0 Å². The topological polar surface area (TPSA) is 101 Å². The number of carbonyl (C=O) groups excluding carboxylic acids is 1. The minimum absolute atomic E-state index is 0.121. The summed E-state index contributed by atoms with van der Waals surface area (Å²) in [7, 11) is -2.15. The number of anilines is 1. The van der Waals surface area contributed by atoms with E-state index in [4.69, 9.17) is 4.52 Å². The molecule has 7 nitrogen and oxygen atoms in total.